The number of hydrogen-bond acceptors (Lipinski definition) is 3. The van der Waals surface area contributed by atoms with Gasteiger partial charge < -0.3 is 13.9 Å². The molecule has 0 aliphatic heterocycles. The van der Waals surface area contributed by atoms with Gasteiger partial charge in [0.25, 0.3) is 0 Å². The average molecular weight is 578 g/mol. The number of nitrogens with zero attached hydrogens (tertiary/aromatic N) is 3. The van der Waals surface area contributed by atoms with E-state index in [-0.39, 0.29) is 0 Å². The third-order valence-electron chi connectivity index (χ3n) is 8.59. The molecule has 0 radical (unpaired) electrons. The lowest BCUT2D eigenvalue weighted by Gasteiger charge is -2.27. The Labute approximate surface area is 260 Å². The number of aromatic nitrogens is 2. The van der Waals surface area contributed by atoms with E-state index in [1.807, 2.05) is 30.3 Å². The molecular weight excluding hydrogens is 550 g/mol. The summed E-state index contributed by atoms with van der Waals surface area (Å²) in [7, 11) is 0. The second kappa shape index (κ2) is 10.2. The summed E-state index contributed by atoms with van der Waals surface area (Å²) in [5, 5.41) is 4.54. The molecule has 0 atom stereocenters. The van der Waals surface area contributed by atoms with Crippen LogP contribution in [0.1, 0.15) is 0 Å². The summed E-state index contributed by atoms with van der Waals surface area (Å²) in [6.07, 6.45) is 0. The smallest absolute Gasteiger partial charge is 0.227 e. The highest BCUT2D eigenvalue weighted by Crippen LogP contribution is 2.47. The zero-order valence-electron chi connectivity index (χ0n) is 24.3. The molecule has 7 aromatic carbocycles. The van der Waals surface area contributed by atoms with Gasteiger partial charge in [0.15, 0.2) is 5.58 Å². The molecule has 4 nitrogen and oxygen atoms in total. The van der Waals surface area contributed by atoms with Crippen molar-refractivity contribution in [1.29, 1.82) is 0 Å². The Kier molecular flexibility index (Phi) is 5.78. The number of anilines is 3. The summed E-state index contributed by atoms with van der Waals surface area (Å²) in [5.74, 6) is 0.618. The van der Waals surface area contributed by atoms with Crippen LogP contribution in [0.2, 0.25) is 0 Å². The van der Waals surface area contributed by atoms with E-state index in [0.29, 0.717) is 5.89 Å². The highest BCUT2D eigenvalue weighted by atomic mass is 16.3. The molecular formula is C41H27N3O. The van der Waals surface area contributed by atoms with Crippen LogP contribution in [0.4, 0.5) is 17.1 Å². The van der Waals surface area contributed by atoms with Crippen molar-refractivity contribution in [2.45, 2.75) is 0 Å². The van der Waals surface area contributed by atoms with Gasteiger partial charge in [-0.3, -0.25) is 0 Å². The predicted octanol–water partition coefficient (Wildman–Crippen LogP) is 11.2. The molecule has 0 aliphatic carbocycles. The number of rotatable bonds is 5. The van der Waals surface area contributed by atoms with Gasteiger partial charge in [-0.15, -0.1) is 0 Å². The SMILES string of the molecule is c1ccc(-c2nc3c(cc(N(c4ccccc4)c4cccc5c4c4ccccc4n5-c4ccccc4)c4ccccc43)o2)cc1. The van der Waals surface area contributed by atoms with Gasteiger partial charge in [-0.25, -0.2) is 4.98 Å². The molecule has 0 bridgehead atoms. The number of fused-ring (bicyclic) bond motifs is 6. The molecule has 2 heterocycles. The normalized spacial score (nSPS) is 11.6. The van der Waals surface area contributed by atoms with Crippen LogP contribution in [0.15, 0.2) is 168 Å². The van der Waals surface area contributed by atoms with Crippen molar-refractivity contribution in [1.82, 2.24) is 9.55 Å². The van der Waals surface area contributed by atoms with Gasteiger partial charge in [-0.2, -0.15) is 0 Å². The van der Waals surface area contributed by atoms with Gasteiger partial charge in [0, 0.05) is 44.5 Å². The van der Waals surface area contributed by atoms with Crippen molar-refractivity contribution in [3.8, 4) is 17.1 Å². The van der Waals surface area contributed by atoms with Crippen molar-refractivity contribution < 1.29 is 4.42 Å². The van der Waals surface area contributed by atoms with E-state index in [2.05, 4.69) is 143 Å². The van der Waals surface area contributed by atoms with Crippen molar-refractivity contribution >= 4 is 60.7 Å². The van der Waals surface area contributed by atoms with Crippen LogP contribution in [-0.4, -0.2) is 9.55 Å². The van der Waals surface area contributed by atoms with Crippen LogP contribution in [-0.2, 0) is 0 Å². The van der Waals surface area contributed by atoms with E-state index >= 15 is 0 Å². The van der Waals surface area contributed by atoms with Crippen molar-refractivity contribution in [3.05, 3.63) is 164 Å². The Morgan fingerprint density at radius 1 is 0.511 bits per heavy atom. The van der Waals surface area contributed by atoms with E-state index in [0.717, 1.165) is 55.7 Å². The Balaban J connectivity index is 1.38. The van der Waals surface area contributed by atoms with E-state index in [9.17, 15) is 0 Å². The van der Waals surface area contributed by atoms with Crippen molar-refractivity contribution in [2.24, 2.45) is 0 Å². The van der Waals surface area contributed by atoms with Crippen LogP contribution in [0.3, 0.4) is 0 Å². The van der Waals surface area contributed by atoms with E-state index in [4.69, 9.17) is 9.40 Å². The number of oxazole rings is 1. The lowest BCUT2D eigenvalue weighted by Crippen LogP contribution is -2.11. The molecule has 9 rings (SSSR count). The summed E-state index contributed by atoms with van der Waals surface area (Å²) in [5.41, 5.74) is 9.21. The maximum absolute atomic E-state index is 6.50. The summed E-state index contributed by atoms with van der Waals surface area (Å²) >= 11 is 0. The zero-order chi connectivity index (χ0) is 29.7. The van der Waals surface area contributed by atoms with Crippen LogP contribution in [0, 0.1) is 0 Å². The largest absolute Gasteiger partial charge is 0.436 e. The fourth-order valence-electron chi connectivity index (χ4n) is 6.65. The van der Waals surface area contributed by atoms with Crippen LogP contribution < -0.4 is 4.90 Å². The summed E-state index contributed by atoms with van der Waals surface area (Å²) in [4.78, 5) is 7.37. The first kappa shape index (κ1) is 25.4. The monoisotopic (exact) mass is 577 g/mol. The fourth-order valence-corrected chi connectivity index (χ4v) is 6.65. The van der Waals surface area contributed by atoms with E-state index in [1.165, 1.54) is 16.3 Å². The molecule has 0 fully saturated rings. The Hall–Kier alpha value is -6.13. The molecule has 9 aromatic rings. The molecule has 0 N–H and O–H groups in total. The summed E-state index contributed by atoms with van der Waals surface area (Å²) < 4.78 is 8.86. The average Bonchev–Trinajstić information content (AvgIpc) is 3.70. The Morgan fingerprint density at radius 2 is 1.13 bits per heavy atom. The highest BCUT2D eigenvalue weighted by Gasteiger charge is 2.24. The van der Waals surface area contributed by atoms with E-state index in [1.54, 1.807) is 0 Å². The maximum atomic E-state index is 6.50. The molecule has 45 heavy (non-hydrogen) atoms. The number of para-hydroxylation sites is 3. The minimum absolute atomic E-state index is 0.618. The quantitative estimate of drug-likeness (QED) is 0.204. The summed E-state index contributed by atoms with van der Waals surface area (Å²) in [6, 6.07) is 57.2. The van der Waals surface area contributed by atoms with Crippen molar-refractivity contribution in [2.75, 3.05) is 4.90 Å². The second-order valence-corrected chi connectivity index (χ2v) is 11.2. The van der Waals surface area contributed by atoms with Crippen molar-refractivity contribution in [3.63, 3.8) is 0 Å². The molecule has 0 aliphatic rings. The van der Waals surface area contributed by atoms with E-state index < -0.39 is 0 Å². The predicted molar refractivity (Wildman–Crippen MR) is 186 cm³/mol. The Bertz CT molecular complexity index is 2480. The molecule has 0 saturated heterocycles. The number of benzene rings is 7. The summed E-state index contributed by atoms with van der Waals surface area (Å²) in [6.45, 7) is 0. The van der Waals surface area contributed by atoms with Gasteiger partial charge in [0.05, 0.1) is 22.4 Å². The molecule has 0 amide bonds. The minimum atomic E-state index is 0.618. The zero-order valence-corrected chi connectivity index (χ0v) is 24.3. The van der Waals surface area contributed by atoms with Crippen LogP contribution in [0.5, 0.6) is 0 Å². The highest BCUT2D eigenvalue weighted by molar-refractivity contribution is 6.19. The van der Waals surface area contributed by atoms with Gasteiger partial charge in [-0.05, 0) is 54.6 Å². The second-order valence-electron chi connectivity index (χ2n) is 11.2. The third-order valence-corrected chi connectivity index (χ3v) is 8.59. The lowest BCUT2D eigenvalue weighted by molar-refractivity contribution is 0.620. The molecule has 0 unspecified atom stereocenters. The first-order valence-corrected chi connectivity index (χ1v) is 15.2. The first-order valence-electron chi connectivity index (χ1n) is 15.2. The molecule has 0 spiro atoms. The standard InChI is InChI=1S/C41H27N3O/c1-4-15-28(16-5-1)41-42-40-32-22-11-10-21-31(32)37(27-38(40)45-41)44(30-19-8-3-9-20-30)36-26-14-25-35-39(36)33-23-12-13-24-34(33)43(35)29-17-6-2-7-18-29/h1-27H. The Morgan fingerprint density at radius 3 is 1.91 bits per heavy atom. The molecule has 4 heteroatoms. The van der Waals surface area contributed by atoms with Gasteiger partial charge in [0.2, 0.25) is 5.89 Å². The number of hydrogen-bond donors (Lipinski definition) is 0. The molecule has 212 valence electrons. The van der Waals surface area contributed by atoms with Crippen LogP contribution >= 0.6 is 0 Å². The maximum Gasteiger partial charge on any atom is 0.227 e. The first-order chi connectivity index (χ1) is 22.3. The minimum Gasteiger partial charge on any atom is -0.436 e. The topological polar surface area (TPSA) is 34.2 Å². The molecule has 0 saturated carbocycles. The molecule has 2 aromatic heterocycles. The third kappa shape index (κ3) is 4.04. The van der Waals surface area contributed by atoms with Gasteiger partial charge in [-0.1, -0.05) is 103 Å². The van der Waals surface area contributed by atoms with Crippen LogP contribution in [0.25, 0.3) is 60.8 Å². The van der Waals surface area contributed by atoms with Gasteiger partial charge in [0.1, 0.15) is 5.52 Å². The van der Waals surface area contributed by atoms with Gasteiger partial charge >= 0.3 is 0 Å². The fraction of sp³-hybridized carbons (Fsp3) is 0. The lowest BCUT2D eigenvalue weighted by atomic mass is 10.0.